The molecule has 0 aromatic heterocycles. The number of ether oxygens (including phenoxy) is 1. The van der Waals surface area contributed by atoms with E-state index in [1.54, 1.807) is 0 Å². The number of hydrogen-bond donors (Lipinski definition) is 0. The first-order chi connectivity index (χ1) is 11.5. The molecule has 2 aromatic rings. The molecule has 0 N–H and O–H groups in total. The molecule has 3 rings (SSSR count). The number of carbonyl (C=O) groups excluding carboxylic acids is 1. The molecule has 122 valence electrons. The van der Waals surface area contributed by atoms with E-state index in [1.807, 2.05) is 37.3 Å². The summed E-state index contributed by atoms with van der Waals surface area (Å²) in [5.41, 5.74) is 6.18. The molecule has 0 fully saturated rings. The molecule has 0 heterocycles. The zero-order chi connectivity index (χ0) is 17.3. The van der Waals surface area contributed by atoms with Gasteiger partial charge in [0.25, 0.3) is 0 Å². The Bertz CT molecular complexity index is 848. The molecular weight excluding hydrogens is 364 g/mol. The molecule has 0 radical (unpaired) electrons. The molecule has 1 aliphatic carbocycles. The maximum Gasteiger partial charge on any atom is 0.334 e. The lowest BCUT2D eigenvalue weighted by atomic mass is 9.82. The number of fused-ring (bicyclic) bond motifs is 1. The fourth-order valence-corrected chi connectivity index (χ4v) is 4.04. The summed E-state index contributed by atoms with van der Waals surface area (Å²) in [7, 11) is 1.40. The van der Waals surface area contributed by atoms with Gasteiger partial charge in [-0.15, -0.1) is 0 Å². The number of hydrogen-bond acceptors (Lipinski definition) is 2. The Morgan fingerprint density at radius 3 is 2.67 bits per heavy atom. The van der Waals surface area contributed by atoms with E-state index >= 15 is 0 Å². The smallest absolute Gasteiger partial charge is 0.334 e. The first-order valence-electron chi connectivity index (χ1n) is 7.83. The fraction of sp³-hybridized carbons (Fsp3) is 0.190. The van der Waals surface area contributed by atoms with Crippen LogP contribution in [0.3, 0.4) is 0 Å². The van der Waals surface area contributed by atoms with E-state index < -0.39 is 0 Å². The highest BCUT2D eigenvalue weighted by Crippen LogP contribution is 2.47. The molecule has 0 aliphatic heterocycles. The van der Waals surface area contributed by atoms with E-state index in [2.05, 4.69) is 40.7 Å². The lowest BCUT2D eigenvalue weighted by Gasteiger charge is -2.22. The van der Waals surface area contributed by atoms with E-state index in [-0.39, 0.29) is 11.9 Å². The van der Waals surface area contributed by atoms with Gasteiger partial charge in [-0.25, -0.2) is 4.79 Å². The Hall–Kier alpha value is -2.13. The fourth-order valence-electron chi connectivity index (χ4n) is 3.30. The molecule has 3 heteroatoms. The van der Waals surface area contributed by atoms with Crippen molar-refractivity contribution >= 4 is 27.5 Å². The quantitative estimate of drug-likeness (QED) is 0.538. The van der Waals surface area contributed by atoms with Crippen LogP contribution in [-0.4, -0.2) is 13.1 Å². The highest BCUT2D eigenvalue weighted by molar-refractivity contribution is 9.11. The molecule has 0 unspecified atom stereocenters. The normalized spacial score (nSPS) is 14.3. The third-order valence-electron chi connectivity index (χ3n) is 4.41. The van der Waals surface area contributed by atoms with Crippen LogP contribution >= 0.6 is 15.9 Å². The van der Waals surface area contributed by atoms with Crippen molar-refractivity contribution in [2.75, 3.05) is 7.11 Å². The van der Waals surface area contributed by atoms with Gasteiger partial charge in [-0.3, -0.25) is 0 Å². The largest absolute Gasteiger partial charge is 0.466 e. The molecule has 2 nitrogen and oxygen atoms in total. The predicted molar refractivity (Wildman–Crippen MR) is 101 cm³/mol. The van der Waals surface area contributed by atoms with Gasteiger partial charge in [-0.1, -0.05) is 76.6 Å². The van der Waals surface area contributed by atoms with Crippen LogP contribution in [0.15, 0.2) is 65.2 Å². The van der Waals surface area contributed by atoms with Gasteiger partial charge in [0.1, 0.15) is 0 Å². The topological polar surface area (TPSA) is 26.3 Å². The van der Waals surface area contributed by atoms with Crippen molar-refractivity contribution in [1.29, 1.82) is 0 Å². The van der Waals surface area contributed by atoms with Crippen LogP contribution in [0.5, 0.6) is 0 Å². The zero-order valence-corrected chi connectivity index (χ0v) is 15.4. The van der Waals surface area contributed by atoms with Crippen molar-refractivity contribution in [2.45, 2.75) is 19.3 Å². The van der Waals surface area contributed by atoms with Crippen molar-refractivity contribution in [2.24, 2.45) is 0 Å². The van der Waals surface area contributed by atoms with E-state index in [0.717, 1.165) is 27.6 Å². The Morgan fingerprint density at radius 2 is 1.96 bits per heavy atom. The molecule has 24 heavy (non-hydrogen) atoms. The minimum Gasteiger partial charge on any atom is -0.466 e. The van der Waals surface area contributed by atoms with Gasteiger partial charge in [0, 0.05) is 22.4 Å². The van der Waals surface area contributed by atoms with Gasteiger partial charge in [0.05, 0.1) is 7.11 Å². The Balaban J connectivity index is 2.17. The number of rotatable bonds is 4. The predicted octanol–water partition coefficient (Wildman–Crippen LogP) is 5.17. The maximum atomic E-state index is 12.2. The Morgan fingerprint density at radius 1 is 1.21 bits per heavy atom. The van der Waals surface area contributed by atoms with Crippen LogP contribution in [0.4, 0.5) is 0 Å². The second-order valence-electron chi connectivity index (χ2n) is 6.02. The van der Waals surface area contributed by atoms with Crippen LogP contribution < -0.4 is 0 Å². The highest BCUT2D eigenvalue weighted by Gasteiger charge is 2.32. The lowest BCUT2D eigenvalue weighted by Crippen LogP contribution is -2.14. The minimum atomic E-state index is -0.376. The number of esters is 1. The highest BCUT2D eigenvalue weighted by atomic mass is 79.9. The molecule has 1 atom stereocenters. The molecule has 0 saturated carbocycles. The van der Waals surface area contributed by atoms with E-state index in [4.69, 9.17) is 4.74 Å². The third kappa shape index (κ3) is 2.96. The van der Waals surface area contributed by atoms with Crippen molar-refractivity contribution < 1.29 is 9.53 Å². The van der Waals surface area contributed by atoms with E-state index in [9.17, 15) is 4.79 Å². The number of halogens is 1. The first kappa shape index (κ1) is 16.7. The molecule has 0 amide bonds. The molecule has 0 bridgehead atoms. The Kier molecular flexibility index (Phi) is 4.72. The summed E-state index contributed by atoms with van der Waals surface area (Å²) in [6.45, 7) is 6.10. The van der Waals surface area contributed by atoms with E-state index in [0.29, 0.717) is 5.57 Å². The molecule has 2 aromatic carbocycles. The standard InChI is InChI=1S/C21H19BrO2/c1-13-7-6-9-16(11-13)19(14(2)21(23)24-3)20-17-10-5-4-8-15(17)12-18(20)22/h4-11,19H,2,12H2,1,3H3/t19-/m0/s1. The second kappa shape index (κ2) is 6.78. The monoisotopic (exact) mass is 382 g/mol. The summed E-state index contributed by atoms with van der Waals surface area (Å²) < 4.78 is 6.05. The number of benzene rings is 2. The van der Waals surface area contributed by atoms with Crippen LogP contribution in [0.2, 0.25) is 0 Å². The van der Waals surface area contributed by atoms with Gasteiger partial charge in [-0.2, -0.15) is 0 Å². The summed E-state index contributed by atoms with van der Waals surface area (Å²) in [4.78, 5) is 12.2. The number of allylic oxidation sites excluding steroid dienone is 2. The molecule has 1 aliphatic rings. The second-order valence-corrected chi connectivity index (χ2v) is 6.97. The van der Waals surface area contributed by atoms with Crippen LogP contribution in [0.1, 0.15) is 28.2 Å². The van der Waals surface area contributed by atoms with Crippen LogP contribution in [-0.2, 0) is 16.0 Å². The average Bonchev–Trinajstić information content (AvgIpc) is 2.90. The van der Waals surface area contributed by atoms with Crippen molar-refractivity contribution in [3.63, 3.8) is 0 Å². The van der Waals surface area contributed by atoms with Crippen molar-refractivity contribution in [1.82, 2.24) is 0 Å². The first-order valence-corrected chi connectivity index (χ1v) is 8.62. The van der Waals surface area contributed by atoms with Gasteiger partial charge in [0.2, 0.25) is 0 Å². The minimum absolute atomic E-state index is 0.227. The third-order valence-corrected chi connectivity index (χ3v) is 5.11. The van der Waals surface area contributed by atoms with Crippen molar-refractivity contribution in [3.8, 4) is 0 Å². The molecule has 0 spiro atoms. The number of methoxy groups -OCH3 is 1. The summed E-state index contributed by atoms with van der Waals surface area (Å²) in [6.07, 6.45) is 0.836. The zero-order valence-electron chi connectivity index (χ0n) is 13.8. The van der Waals surface area contributed by atoms with E-state index in [1.165, 1.54) is 18.2 Å². The van der Waals surface area contributed by atoms with Gasteiger partial charge < -0.3 is 4.74 Å². The van der Waals surface area contributed by atoms with Gasteiger partial charge >= 0.3 is 5.97 Å². The summed E-state index contributed by atoms with van der Waals surface area (Å²) in [5, 5.41) is 0. The number of carbonyl (C=O) groups is 1. The van der Waals surface area contributed by atoms with Crippen molar-refractivity contribution in [3.05, 3.63) is 87.4 Å². The number of aryl methyl sites for hydroxylation is 1. The average molecular weight is 383 g/mol. The Labute approximate surface area is 151 Å². The summed E-state index contributed by atoms with van der Waals surface area (Å²) >= 11 is 3.73. The summed E-state index contributed by atoms with van der Waals surface area (Å²) in [5.74, 6) is -0.603. The molecular formula is C21H19BrO2. The lowest BCUT2D eigenvalue weighted by molar-refractivity contribution is -0.136. The SMILES string of the molecule is C=C(C(=O)OC)[C@H](C1=C(Br)Cc2ccccc21)c1cccc(C)c1. The van der Waals surface area contributed by atoms with Crippen LogP contribution in [0.25, 0.3) is 5.57 Å². The maximum absolute atomic E-state index is 12.2. The van der Waals surface area contributed by atoms with Gasteiger partial charge in [0.15, 0.2) is 0 Å². The van der Waals surface area contributed by atoms with Gasteiger partial charge in [-0.05, 0) is 29.2 Å². The summed E-state index contributed by atoms with van der Waals surface area (Å²) in [6, 6.07) is 16.5. The van der Waals surface area contributed by atoms with Crippen LogP contribution in [0, 0.1) is 6.92 Å². The molecule has 0 saturated heterocycles.